The number of hydrogen-bond acceptors (Lipinski definition) is 5. The van der Waals surface area contributed by atoms with Crippen LogP contribution in [0.3, 0.4) is 0 Å². The van der Waals surface area contributed by atoms with E-state index in [1.807, 2.05) is 13.8 Å². The molecule has 1 aromatic carbocycles. The van der Waals surface area contributed by atoms with E-state index < -0.39 is 16.0 Å². The Morgan fingerprint density at radius 3 is 2.30 bits per heavy atom. The van der Waals surface area contributed by atoms with Gasteiger partial charge < -0.3 is 9.47 Å². The molecule has 2 N–H and O–H groups in total. The molecule has 0 fully saturated rings. The van der Waals surface area contributed by atoms with Crippen molar-refractivity contribution in [2.75, 3.05) is 7.11 Å². The number of benzene rings is 1. The van der Waals surface area contributed by atoms with Gasteiger partial charge in [-0.25, -0.2) is 18.4 Å². The second kappa shape index (κ2) is 6.23. The third-order valence-electron chi connectivity index (χ3n) is 2.95. The number of rotatable bonds is 5. The van der Waals surface area contributed by atoms with Crippen LogP contribution in [0.1, 0.15) is 31.1 Å². The van der Waals surface area contributed by atoms with Crippen LogP contribution in [0.25, 0.3) is 0 Å². The second-order valence-corrected chi connectivity index (χ2v) is 6.32. The highest BCUT2D eigenvalue weighted by molar-refractivity contribution is 7.89. The van der Waals surface area contributed by atoms with Gasteiger partial charge in [-0.2, -0.15) is 0 Å². The molecule has 1 aromatic rings. The predicted molar refractivity (Wildman–Crippen MR) is 74.1 cm³/mol. The van der Waals surface area contributed by atoms with Crippen LogP contribution in [-0.4, -0.2) is 27.6 Å². The number of ether oxygens (including phenoxy) is 2. The SMILES string of the molecule is COc1ccc(S(N)(=O)=O)cc1C(=O)OC(C)C(C)C. The van der Waals surface area contributed by atoms with E-state index >= 15 is 0 Å². The first-order valence-electron chi connectivity index (χ1n) is 6.08. The van der Waals surface area contributed by atoms with Gasteiger partial charge in [0.1, 0.15) is 17.4 Å². The lowest BCUT2D eigenvalue weighted by molar-refractivity contribution is 0.0234. The summed E-state index contributed by atoms with van der Waals surface area (Å²) < 4.78 is 32.9. The largest absolute Gasteiger partial charge is 0.496 e. The van der Waals surface area contributed by atoms with Gasteiger partial charge in [0.05, 0.1) is 12.0 Å². The summed E-state index contributed by atoms with van der Waals surface area (Å²) in [6.45, 7) is 5.59. The first kappa shape index (κ1) is 16.5. The normalized spacial score (nSPS) is 13.1. The van der Waals surface area contributed by atoms with Gasteiger partial charge in [0.2, 0.25) is 10.0 Å². The first-order valence-corrected chi connectivity index (χ1v) is 7.63. The molecule has 0 aromatic heterocycles. The highest BCUT2D eigenvalue weighted by atomic mass is 32.2. The van der Waals surface area contributed by atoms with E-state index in [9.17, 15) is 13.2 Å². The Balaban J connectivity index is 3.18. The Labute approximate surface area is 118 Å². The minimum atomic E-state index is -3.89. The molecule has 0 aliphatic rings. The Kier molecular flexibility index (Phi) is 5.13. The van der Waals surface area contributed by atoms with Crippen molar-refractivity contribution in [1.82, 2.24) is 0 Å². The third kappa shape index (κ3) is 3.94. The summed E-state index contributed by atoms with van der Waals surface area (Å²) in [7, 11) is -2.51. The van der Waals surface area contributed by atoms with Crippen LogP contribution in [-0.2, 0) is 14.8 Å². The number of carbonyl (C=O) groups is 1. The van der Waals surface area contributed by atoms with E-state index in [4.69, 9.17) is 14.6 Å². The minimum Gasteiger partial charge on any atom is -0.496 e. The highest BCUT2D eigenvalue weighted by Crippen LogP contribution is 2.23. The monoisotopic (exact) mass is 301 g/mol. The standard InChI is InChI=1S/C13H19NO5S/c1-8(2)9(3)19-13(15)11-7-10(20(14,16)17)5-6-12(11)18-4/h5-9H,1-4H3,(H2,14,16,17). The van der Waals surface area contributed by atoms with E-state index in [1.54, 1.807) is 6.92 Å². The number of sulfonamides is 1. The van der Waals surface area contributed by atoms with Crippen molar-refractivity contribution in [2.45, 2.75) is 31.8 Å². The summed E-state index contributed by atoms with van der Waals surface area (Å²) >= 11 is 0. The van der Waals surface area contributed by atoms with Gasteiger partial charge in [0.15, 0.2) is 0 Å². The number of esters is 1. The zero-order chi connectivity index (χ0) is 15.5. The molecule has 1 unspecified atom stereocenters. The third-order valence-corrected chi connectivity index (χ3v) is 3.86. The number of nitrogens with two attached hydrogens (primary N) is 1. The molecule has 0 amide bonds. The van der Waals surface area contributed by atoms with E-state index in [2.05, 4.69) is 0 Å². The van der Waals surface area contributed by atoms with E-state index in [-0.39, 0.29) is 28.2 Å². The lowest BCUT2D eigenvalue weighted by atomic mass is 10.1. The number of carbonyl (C=O) groups excluding carboxylic acids is 1. The van der Waals surface area contributed by atoms with Gasteiger partial charge in [-0.1, -0.05) is 13.8 Å². The Morgan fingerprint density at radius 2 is 1.85 bits per heavy atom. The van der Waals surface area contributed by atoms with Gasteiger partial charge >= 0.3 is 5.97 Å². The van der Waals surface area contributed by atoms with Gasteiger partial charge in [0.25, 0.3) is 0 Å². The lowest BCUT2D eigenvalue weighted by Gasteiger charge is -2.17. The maximum absolute atomic E-state index is 12.1. The number of primary sulfonamides is 1. The summed E-state index contributed by atoms with van der Waals surface area (Å²) in [5.74, 6) is -0.265. The molecule has 0 saturated heterocycles. The topological polar surface area (TPSA) is 95.7 Å². The average Bonchev–Trinajstić information content (AvgIpc) is 2.36. The van der Waals surface area contributed by atoms with Crippen LogP contribution in [0.5, 0.6) is 5.75 Å². The summed E-state index contributed by atoms with van der Waals surface area (Å²) in [6, 6.07) is 3.80. The zero-order valence-corrected chi connectivity index (χ0v) is 12.7. The smallest absolute Gasteiger partial charge is 0.342 e. The molecule has 7 heteroatoms. The Hall–Kier alpha value is -1.60. The van der Waals surface area contributed by atoms with Gasteiger partial charge in [-0.05, 0) is 31.0 Å². The molecule has 0 aliphatic heterocycles. The number of methoxy groups -OCH3 is 1. The van der Waals surface area contributed by atoms with Crippen molar-refractivity contribution in [1.29, 1.82) is 0 Å². The van der Waals surface area contributed by atoms with Crippen molar-refractivity contribution < 1.29 is 22.7 Å². The van der Waals surface area contributed by atoms with Crippen molar-refractivity contribution in [2.24, 2.45) is 11.1 Å². The zero-order valence-electron chi connectivity index (χ0n) is 11.9. The molecule has 0 heterocycles. The van der Waals surface area contributed by atoms with Gasteiger partial charge in [-0.3, -0.25) is 0 Å². The quantitative estimate of drug-likeness (QED) is 0.832. The van der Waals surface area contributed by atoms with E-state index in [0.717, 1.165) is 6.07 Å². The van der Waals surface area contributed by atoms with Crippen LogP contribution in [0, 0.1) is 5.92 Å². The van der Waals surface area contributed by atoms with Crippen molar-refractivity contribution >= 4 is 16.0 Å². The lowest BCUT2D eigenvalue weighted by Crippen LogP contribution is -2.21. The van der Waals surface area contributed by atoms with E-state index in [0.29, 0.717) is 0 Å². The molecule has 112 valence electrons. The van der Waals surface area contributed by atoms with Gasteiger partial charge in [0, 0.05) is 0 Å². The van der Waals surface area contributed by atoms with Crippen molar-refractivity contribution in [3.8, 4) is 5.75 Å². The van der Waals surface area contributed by atoms with Crippen molar-refractivity contribution in [3.63, 3.8) is 0 Å². The highest BCUT2D eigenvalue weighted by Gasteiger charge is 2.21. The molecule has 0 aliphatic carbocycles. The van der Waals surface area contributed by atoms with Crippen LogP contribution < -0.4 is 9.88 Å². The first-order chi connectivity index (χ1) is 9.16. The summed E-state index contributed by atoms with van der Waals surface area (Å²) in [5.41, 5.74) is 0.0338. The molecule has 1 rings (SSSR count). The second-order valence-electron chi connectivity index (χ2n) is 4.76. The molecule has 1 atom stereocenters. The Morgan fingerprint density at radius 1 is 1.25 bits per heavy atom. The maximum atomic E-state index is 12.1. The van der Waals surface area contributed by atoms with Crippen LogP contribution in [0.15, 0.2) is 23.1 Å². The molecular formula is C13H19NO5S. The molecule has 0 saturated carbocycles. The fourth-order valence-corrected chi connectivity index (χ4v) is 1.93. The molecule has 6 nitrogen and oxygen atoms in total. The van der Waals surface area contributed by atoms with Gasteiger partial charge in [-0.15, -0.1) is 0 Å². The fourth-order valence-electron chi connectivity index (χ4n) is 1.39. The molecule has 0 spiro atoms. The molecule has 0 radical (unpaired) electrons. The van der Waals surface area contributed by atoms with Crippen LogP contribution in [0.4, 0.5) is 0 Å². The predicted octanol–water partition coefficient (Wildman–Crippen LogP) is 1.54. The summed E-state index contributed by atoms with van der Waals surface area (Å²) in [6.07, 6.45) is -0.301. The van der Waals surface area contributed by atoms with Crippen LogP contribution >= 0.6 is 0 Å². The fraction of sp³-hybridized carbons (Fsp3) is 0.462. The van der Waals surface area contributed by atoms with Crippen molar-refractivity contribution in [3.05, 3.63) is 23.8 Å². The molecular weight excluding hydrogens is 282 g/mol. The average molecular weight is 301 g/mol. The number of hydrogen-bond donors (Lipinski definition) is 1. The Bertz CT molecular complexity index is 595. The molecule has 0 bridgehead atoms. The maximum Gasteiger partial charge on any atom is 0.342 e. The minimum absolute atomic E-state index is 0.0338. The van der Waals surface area contributed by atoms with Crippen LogP contribution in [0.2, 0.25) is 0 Å². The summed E-state index contributed by atoms with van der Waals surface area (Å²) in [5, 5.41) is 5.05. The summed E-state index contributed by atoms with van der Waals surface area (Å²) in [4.78, 5) is 11.9. The molecule has 20 heavy (non-hydrogen) atoms. The van der Waals surface area contributed by atoms with E-state index in [1.165, 1.54) is 19.2 Å².